The number of fused-ring (bicyclic) bond motifs is 1. The highest BCUT2D eigenvalue weighted by molar-refractivity contribution is 5.83. The first kappa shape index (κ1) is 11.2. The molecule has 0 aliphatic carbocycles. The van der Waals surface area contributed by atoms with Crippen molar-refractivity contribution in [2.45, 2.75) is 0 Å². The molecule has 0 saturated carbocycles. The lowest BCUT2D eigenvalue weighted by Gasteiger charge is -2.02. The highest BCUT2D eigenvalue weighted by atomic mass is 16.3. The number of rotatable bonds is 1. The number of H-pyrrole nitrogens is 2. The number of hydrogen-bond acceptors (Lipinski definition) is 4. The van der Waals surface area contributed by atoms with Crippen molar-refractivity contribution in [3.8, 4) is 17.0 Å². The number of benzene rings is 1. The van der Waals surface area contributed by atoms with E-state index >= 15 is 0 Å². The molecule has 0 spiro atoms. The molecule has 6 nitrogen and oxygen atoms in total. The summed E-state index contributed by atoms with van der Waals surface area (Å²) in [5, 5.41) is 14.3. The van der Waals surface area contributed by atoms with E-state index in [-0.39, 0.29) is 27.6 Å². The summed E-state index contributed by atoms with van der Waals surface area (Å²) >= 11 is 0. The molecule has 0 bridgehead atoms. The van der Waals surface area contributed by atoms with Crippen LogP contribution in [0.2, 0.25) is 0 Å². The van der Waals surface area contributed by atoms with Gasteiger partial charge in [-0.3, -0.25) is 24.8 Å². The van der Waals surface area contributed by atoms with Gasteiger partial charge in [-0.25, -0.2) is 0 Å². The van der Waals surface area contributed by atoms with Gasteiger partial charge in [0.2, 0.25) is 0 Å². The molecular formula is C13H9N3O3. The Hall–Kier alpha value is -2.89. The van der Waals surface area contributed by atoms with Crippen molar-refractivity contribution in [3.63, 3.8) is 0 Å². The van der Waals surface area contributed by atoms with E-state index < -0.39 is 0 Å². The van der Waals surface area contributed by atoms with Crippen LogP contribution < -0.4 is 11.1 Å². The number of phenolic OH excluding ortho intramolecular Hbond substituents is 1. The molecule has 6 heteroatoms. The number of nitrogens with one attached hydrogen (secondary N) is 2. The van der Waals surface area contributed by atoms with E-state index in [1.807, 2.05) is 0 Å². The Balaban J connectivity index is 2.27. The molecular weight excluding hydrogens is 246 g/mol. The summed E-state index contributed by atoms with van der Waals surface area (Å²) in [6.45, 7) is 0. The Morgan fingerprint density at radius 1 is 0.947 bits per heavy atom. The third-order valence-electron chi connectivity index (χ3n) is 2.85. The molecule has 3 N–H and O–H groups in total. The van der Waals surface area contributed by atoms with Crippen molar-refractivity contribution in [2.75, 3.05) is 0 Å². The van der Waals surface area contributed by atoms with Gasteiger partial charge in [0, 0.05) is 11.8 Å². The summed E-state index contributed by atoms with van der Waals surface area (Å²) in [7, 11) is 0. The van der Waals surface area contributed by atoms with Gasteiger partial charge in [0.15, 0.2) is 0 Å². The van der Waals surface area contributed by atoms with Crippen LogP contribution in [-0.2, 0) is 0 Å². The second-order valence-corrected chi connectivity index (χ2v) is 4.07. The van der Waals surface area contributed by atoms with Gasteiger partial charge in [-0.1, -0.05) is 0 Å². The quantitative estimate of drug-likeness (QED) is 0.603. The number of pyridine rings is 1. The molecule has 3 aromatic rings. The number of nitrogens with zero attached hydrogens (tertiary/aromatic N) is 1. The summed E-state index contributed by atoms with van der Waals surface area (Å²) < 4.78 is 0. The molecule has 0 unspecified atom stereocenters. The van der Waals surface area contributed by atoms with Crippen molar-refractivity contribution in [1.82, 2.24) is 15.2 Å². The summed E-state index contributed by atoms with van der Waals surface area (Å²) in [6.07, 6.45) is 1.37. The molecule has 19 heavy (non-hydrogen) atoms. The van der Waals surface area contributed by atoms with Gasteiger partial charge in [-0.2, -0.15) is 0 Å². The zero-order chi connectivity index (χ0) is 13.4. The lowest BCUT2D eigenvalue weighted by molar-refractivity contribution is 0.475. The van der Waals surface area contributed by atoms with Crippen LogP contribution in [-0.4, -0.2) is 20.3 Å². The van der Waals surface area contributed by atoms with Crippen LogP contribution in [0.25, 0.3) is 22.0 Å². The van der Waals surface area contributed by atoms with Crippen molar-refractivity contribution >= 4 is 10.8 Å². The van der Waals surface area contributed by atoms with Crippen LogP contribution in [0, 0.1) is 0 Å². The van der Waals surface area contributed by atoms with Gasteiger partial charge < -0.3 is 5.11 Å². The third kappa shape index (κ3) is 1.89. The third-order valence-corrected chi connectivity index (χ3v) is 2.85. The Labute approximate surface area is 106 Å². The van der Waals surface area contributed by atoms with Gasteiger partial charge in [-0.05, 0) is 30.3 Å². The molecule has 0 saturated heterocycles. The molecule has 1 aromatic carbocycles. The lowest BCUT2D eigenvalue weighted by Crippen LogP contribution is -2.19. The molecule has 2 aromatic heterocycles. The van der Waals surface area contributed by atoms with E-state index in [0.717, 1.165) is 5.56 Å². The summed E-state index contributed by atoms with van der Waals surface area (Å²) in [5.74, 6) is 0.152. The second kappa shape index (κ2) is 4.09. The predicted molar refractivity (Wildman–Crippen MR) is 70.1 cm³/mol. The van der Waals surface area contributed by atoms with E-state index in [2.05, 4.69) is 15.2 Å². The van der Waals surface area contributed by atoms with Gasteiger partial charge in [0.05, 0.1) is 16.5 Å². The fourth-order valence-electron chi connectivity index (χ4n) is 1.86. The maximum atomic E-state index is 11.7. The average Bonchev–Trinajstić information content (AvgIpc) is 2.43. The first-order valence-corrected chi connectivity index (χ1v) is 5.55. The van der Waals surface area contributed by atoms with Gasteiger partial charge >= 0.3 is 0 Å². The molecule has 0 aliphatic heterocycles. The molecule has 2 heterocycles. The van der Waals surface area contributed by atoms with Crippen molar-refractivity contribution in [2.24, 2.45) is 0 Å². The maximum absolute atomic E-state index is 11.7. The lowest BCUT2D eigenvalue weighted by atomic mass is 10.1. The highest BCUT2D eigenvalue weighted by Gasteiger charge is 2.06. The minimum atomic E-state index is -0.389. The minimum absolute atomic E-state index is 0.152. The summed E-state index contributed by atoms with van der Waals surface area (Å²) in [5.41, 5.74) is 0.541. The average molecular weight is 255 g/mol. The molecule has 0 atom stereocenters. The number of aromatic amines is 2. The largest absolute Gasteiger partial charge is 0.508 e. The van der Waals surface area contributed by atoms with E-state index in [9.17, 15) is 14.7 Å². The first-order valence-electron chi connectivity index (χ1n) is 5.55. The molecule has 0 fully saturated rings. The zero-order valence-electron chi connectivity index (χ0n) is 9.68. The number of hydrogen-bond donors (Lipinski definition) is 3. The van der Waals surface area contributed by atoms with Crippen LogP contribution in [0.4, 0.5) is 0 Å². The Morgan fingerprint density at radius 3 is 2.26 bits per heavy atom. The normalized spacial score (nSPS) is 10.7. The van der Waals surface area contributed by atoms with Crippen LogP contribution in [0.3, 0.4) is 0 Å². The Bertz CT molecular complexity index is 863. The highest BCUT2D eigenvalue weighted by Crippen LogP contribution is 2.21. The van der Waals surface area contributed by atoms with E-state index in [1.54, 1.807) is 18.2 Å². The summed E-state index contributed by atoms with van der Waals surface area (Å²) in [4.78, 5) is 27.4. The van der Waals surface area contributed by atoms with Gasteiger partial charge in [0.25, 0.3) is 11.1 Å². The molecule has 94 valence electrons. The fraction of sp³-hybridized carbons (Fsp3) is 0. The fourth-order valence-corrected chi connectivity index (χ4v) is 1.86. The zero-order valence-corrected chi connectivity index (χ0v) is 9.68. The SMILES string of the molecule is O=c1[nH][nH]c(=O)c2cc(-c3ccc(O)cc3)ncc12. The van der Waals surface area contributed by atoms with Gasteiger partial charge in [-0.15, -0.1) is 0 Å². The van der Waals surface area contributed by atoms with Crippen molar-refractivity contribution in [1.29, 1.82) is 0 Å². The maximum Gasteiger partial charge on any atom is 0.272 e. The smallest absolute Gasteiger partial charge is 0.272 e. The predicted octanol–water partition coefficient (Wildman–Crippen LogP) is 0.984. The van der Waals surface area contributed by atoms with Crippen molar-refractivity contribution < 1.29 is 5.11 Å². The van der Waals surface area contributed by atoms with E-state index in [1.165, 1.54) is 18.3 Å². The van der Waals surface area contributed by atoms with Crippen LogP contribution >= 0.6 is 0 Å². The minimum Gasteiger partial charge on any atom is -0.508 e. The van der Waals surface area contributed by atoms with Crippen molar-refractivity contribution in [3.05, 3.63) is 57.2 Å². The number of aromatic hydroxyl groups is 1. The van der Waals surface area contributed by atoms with Gasteiger partial charge in [0.1, 0.15) is 5.75 Å². The molecule has 0 radical (unpaired) electrons. The van der Waals surface area contributed by atoms with E-state index in [0.29, 0.717) is 5.69 Å². The monoisotopic (exact) mass is 255 g/mol. The molecule has 0 aliphatic rings. The molecule has 3 rings (SSSR count). The Kier molecular flexibility index (Phi) is 2.42. The van der Waals surface area contributed by atoms with Crippen LogP contribution in [0.1, 0.15) is 0 Å². The standard InChI is InChI=1S/C13H9N3O3/c17-8-3-1-7(2-4-8)11-5-9-10(6-14-11)13(19)16-15-12(9)18/h1-6,17H,(H,15,18)(H,16,19). The van der Waals surface area contributed by atoms with E-state index in [4.69, 9.17) is 0 Å². The summed E-state index contributed by atoms with van der Waals surface area (Å²) in [6, 6.07) is 7.98. The number of phenols is 1. The van der Waals surface area contributed by atoms with Crippen LogP contribution in [0.5, 0.6) is 5.75 Å². The first-order chi connectivity index (χ1) is 9.15. The second-order valence-electron chi connectivity index (χ2n) is 4.07. The topological polar surface area (TPSA) is 98.8 Å². The Morgan fingerprint density at radius 2 is 1.58 bits per heavy atom. The van der Waals surface area contributed by atoms with Crippen LogP contribution in [0.15, 0.2) is 46.1 Å². The molecule has 0 amide bonds. The number of aromatic nitrogens is 3.